The highest BCUT2D eigenvalue weighted by molar-refractivity contribution is 7.90. The van der Waals surface area contributed by atoms with E-state index >= 15 is 0 Å². The van der Waals surface area contributed by atoms with Gasteiger partial charge in [-0.15, -0.1) is 6.58 Å². The molecule has 0 N–H and O–H groups in total. The van der Waals surface area contributed by atoms with Crippen molar-refractivity contribution in [3.8, 4) is 0 Å². The van der Waals surface area contributed by atoms with Gasteiger partial charge in [0.25, 0.3) is 0 Å². The molecule has 1 amide bonds. The van der Waals surface area contributed by atoms with E-state index in [2.05, 4.69) is 34.3 Å². The summed E-state index contributed by atoms with van der Waals surface area (Å²) < 4.78 is 27.5. The molecule has 1 saturated heterocycles. The standard InChI is InChI=1S/C21H35NO3S/c1-6-8-16(10-7-9-15(2)3)19(23)22-18-13-17-11-12-21(18,20(17,4)5)14-26(22,24)25/h6,15-18H,1,7-14H2,2-5H3/t16-,17-,18-,21-/m1/s1. The zero-order chi connectivity index (χ0) is 19.3. The van der Waals surface area contributed by atoms with E-state index in [9.17, 15) is 13.2 Å². The zero-order valence-electron chi connectivity index (χ0n) is 16.8. The van der Waals surface area contributed by atoms with Crippen molar-refractivity contribution in [1.29, 1.82) is 0 Å². The molecule has 3 aliphatic rings. The molecule has 5 heteroatoms. The highest BCUT2D eigenvalue weighted by atomic mass is 32.2. The lowest BCUT2D eigenvalue weighted by atomic mass is 9.69. The summed E-state index contributed by atoms with van der Waals surface area (Å²) in [4.78, 5) is 13.4. The third-order valence-corrected chi connectivity index (χ3v) is 9.68. The SMILES string of the molecule is C=CC[C@H](CCCC(C)C)C(=O)N1[C@@H]2C[C@H]3CC[C@]2(CS1(=O)=O)C3(C)C. The third-order valence-electron chi connectivity index (χ3n) is 7.76. The number of carbonyl (C=O) groups excluding carboxylic acids is 1. The number of sulfonamides is 1. The van der Waals surface area contributed by atoms with Crippen LogP contribution in [0.1, 0.15) is 72.6 Å². The summed E-state index contributed by atoms with van der Waals surface area (Å²) in [6, 6.07) is -0.119. The summed E-state index contributed by atoms with van der Waals surface area (Å²) in [6.45, 7) is 12.6. The van der Waals surface area contributed by atoms with Crippen LogP contribution in [0.4, 0.5) is 0 Å². The molecular formula is C21H35NO3S. The molecule has 1 aliphatic heterocycles. The van der Waals surface area contributed by atoms with Gasteiger partial charge in [0.15, 0.2) is 0 Å². The lowest BCUT2D eigenvalue weighted by Crippen LogP contribution is -2.46. The first-order chi connectivity index (χ1) is 12.1. The van der Waals surface area contributed by atoms with Gasteiger partial charge < -0.3 is 0 Å². The van der Waals surface area contributed by atoms with Gasteiger partial charge in [0, 0.05) is 11.3 Å². The molecule has 4 atom stereocenters. The molecule has 0 aromatic carbocycles. The van der Waals surface area contributed by atoms with Crippen LogP contribution in [0.3, 0.4) is 0 Å². The van der Waals surface area contributed by atoms with Crippen molar-refractivity contribution in [3.05, 3.63) is 12.7 Å². The average molecular weight is 382 g/mol. The number of allylic oxidation sites excluding steroid dienone is 1. The summed E-state index contributed by atoms with van der Waals surface area (Å²) >= 11 is 0. The van der Waals surface area contributed by atoms with Crippen LogP contribution in [0, 0.1) is 28.6 Å². The molecule has 4 nitrogen and oxygen atoms in total. The van der Waals surface area contributed by atoms with Gasteiger partial charge in [-0.1, -0.05) is 46.6 Å². The largest absolute Gasteiger partial charge is 0.273 e. The quantitative estimate of drug-likeness (QED) is 0.615. The van der Waals surface area contributed by atoms with Crippen molar-refractivity contribution in [1.82, 2.24) is 4.31 Å². The van der Waals surface area contributed by atoms with E-state index in [0.717, 1.165) is 38.5 Å². The highest BCUT2D eigenvalue weighted by Crippen LogP contribution is 2.70. The minimum Gasteiger partial charge on any atom is -0.273 e. The lowest BCUT2D eigenvalue weighted by Gasteiger charge is -2.37. The van der Waals surface area contributed by atoms with E-state index in [1.807, 2.05) is 0 Å². The topological polar surface area (TPSA) is 54.5 Å². The fraction of sp³-hybridized carbons (Fsp3) is 0.857. The minimum absolute atomic E-state index is 0.00530. The number of fused-ring (bicyclic) bond motifs is 1. The van der Waals surface area contributed by atoms with E-state index in [0.29, 0.717) is 18.3 Å². The summed E-state index contributed by atoms with van der Waals surface area (Å²) in [5.41, 5.74) is -0.228. The molecule has 0 aromatic heterocycles. The molecule has 1 spiro atoms. The van der Waals surface area contributed by atoms with Crippen LogP contribution in [0.15, 0.2) is 12.7 Å². The Morgan fingerprint density at radius 2 is 2.00 bits per heavy atom. The second-order valence-electron chi connectivity index (χ2n) is 9.80. The molecule has 2 saturated carbocycles. The van der Waals surface area contributed by atoms with Gasteiger partial charge >= 0.3 is 0 Å². The van der Waals surface area contributed by atoms with Crippen LogP contribution in [-0.4, -0.2) is 30.4 Å². The average Bonchev–Trinajstić information content (AvgIpc) is 3.00. The normalized spacial score (nSPS) is 34.9. The lowest BCUT2D eigenvalue weighted by molar-refractivity contribution is -0.133. The monoisotopic (exact) mass is 381 g/mol. The fourth-order valence-corrected chi connectivity index (χ4v) is 8.67. The Morgan fingerprint density at radius 1 is 1.31 bits per heavy atom. The van der Waals surface area contributed by atoms with Gasteiger partial charge in [0.05, 0.1) is 11.8 Å². The van der Waals surface area contributed by atoms with Crippen LogP contribution in [0.25, 0.3) is 0 Å². The summed E-state index contributed by atoms with van der Waals surface area (Å²) in [5.74, 6) is 0.876. The molecular weight excluding hydrogens is 346 g/mol. The van der Waals surface area contributed by atoms with Gasteiger partial charge in [-0.2, -0.15) is 0 Å². The highest BCUT2D eigenvalue weighted by Gasteiger charge is 2.72. The van der Waals surface area contributed by atoms with Crippen LogP contribution in [0.5, 0.6) is 0 Å². The second kappa shape index (κ2) is 6.65. The minimum atomic E-state index is -3.52. The smallest absolute Gasteiger partial charge is 0.239 e. The molecule has 2 aliphatic carbocycles. The molecule has 0 unspecified atom stereocenters. The van der Waals surface area contributed by atoms with Crippen molar-refractivity contribution < 1.29 is 13.2 Å². The van der Waals surface area contributed by atoms with E-state index in [1.54, 1.807) is 6.08 Å². The number of carbonyl (C=O) groups is 1. The number of nitrogens with zero attached hydrogens (tertiary/aromatic N) is 1. The van der Waals surface area contributed by atoms with Gasteiger partial charge in [-0.3, -0.25) is 4.79 Å². The first-order valence-electron chi connectivity index (χ1n) is 10.2. The van der Waals surface area contributed by atoms with Crippen LogP contribution < -0.4 is 0 Å². The van der Waals surface area contributed by atoms with Crippen LogP contribution in [0.2, 0.25) is 0 Å². The Hall–Kier alpha value is -0.840. The Balaban J connectivity index is 1.85. The maximum atomic E-state index is 13.4. The predicted molar refractivity (Wildman–Crippen MR) is 105 cm³/mol. The fourth-order valence-electron chi connectivity index (χ4n) is 6.07. The number of rotatable bonds is 7. The second-order valence-corrected chi connectivity index (χ2v) is 11.6. The zero-order valence-corrected chi connectivity index (χ0v) is 17.6. The van der Waals surface area contributed by atoms with Gasteiger partial charge in [0.1, 0.15) is 0 Å². The maximum Gasteiger partial charge on any atom is 0.239 e. The number of amides is 1. The molecule has 3 fully saturated rings. The van der Waals surface area contributed by atoms with E-state index < -0.39 is 10.0 Å². The predicted octanol–water partition coefficient (Wildman–Crippen LogP) is 4.37. The Morgan fingerprint density at radius 3 is 2.58 bits per heavy atom. The summed E-state index contributed by atoms with van der Waals surface area (Å²) in [6.07, 6.45) is 8.00. The van der Waals surface area contributed by atoms with Crippen molar-refractivity contribution in [2.75, 3.05) is 5.75 Å². The first kappa shape index (κ1) is 19.9. The number of hydrogen-bond acceptors (Lipinski definition) is 3. The molecule has 1 heterocycles. The molecule has 26 heavy (non-hydrogen) atoms. The van der Waals surface area contributed by atoms with Gasteiger partial charge in [-0.05, 0) is 49.4 Å². The van der Waals surface area contributed by atoms with Crippen molar-refractivity contribution in [2.45, 2.75) is 78.7 Å². The number of hydrogen-bond donors (Lipinski definition) is 0. The third kappa shape index (κ3) is 2.85. The summed E-state index contributed by atoms with van der Waals surface area (Å²) in [5, 5.41) is 0. The maximum absolute atomic E-state index is 13.4. The molecule has 0 radical (unpaired) electrons. The summed E-state index contributed by atoms with van der Waals surface area (Å²) in [7, 11) is -3.52. The molecule has 148 valence electrons. The first-order valence-corrected chi connectivity index (χ1v) is 11.8. The van der Waals surface area contributed by atoms with Crippen molar-refractivity contribution in [2.24, 2.45) is 28.6 Å². The van der Waals surface area contributed by atoms with Gasteiger partial charge in [0.2, 0.25) is 15.9 Å². The van der Waals surface area contributed by atoms with E-state index in [1.165, 1.54) is 4.31 Å². The van der Waals surface area contributed by atoms with E-state index in [4.69, 9.17) is 0 Å². The molecule has 2 bridgehead atoms. The van der Waals surface area contributed by atoms with Gasteiger partial charge in [-0.25, -0.2) is 12.7 Å². The Bertz CT molecular complexity index is 681. The Labute approximate surface area is 159 Å². The Kier molecular flexibility index (Phi) is 5.09. The van der Waals surface area contributed by atoms with Crippen molar-refractivity contribution in [3.63, 3.8) is 0 Å². The van der Waals surface area contributed by atoms with Crippen LogP contribution in [-0.2, 0) is 14.8 Å². The van der Waals surface area contributed by atoms with Crippen LogP contribution >= 0.6 is 0 Å². The molecule has 0 aromatic rings. The molecule has 3 rings (SSSR count). The van der Waals surface area contributed by atoms with Crippen molar-refractivity contribution >= 4 is 15.9 Å². The van der Waals surface area contributed by atoms with E-state index in [-0.39, 0.29) is 34.4 Å².